The average Bonchev–Trinajstić information content (AvgIpc) is 2.26. The predicted molar refractivity (Wildman–Crippen MR) is 64.7 cm³/mol. The van der Waals surface area contributed by atoms with Gasteiger partial charge < -0.3 is 10.4 Å². The Balaban J connectivity index is 2.72. The zero-order valence-corrected chi connectivity index (χ0v) is 9.29. The second-order valence-electron chi connectivity index (χ2n) is 3.59. The minimum absolute atomic E-state index is 0.306. The molecular formula is C13H15NO2. The van der Waals surface area contributed by atoms with E-state index in [0.717, 1.165) is 12.0 Å². The number of hydrogen-bond acceptors (Lipinski definition) is 2. The highest BCUT2D eigenvalue weighted by atomic mass is 16.4. The number of benzene rings is 1. The first kappa shape index (κ1) is 12.1. The molecule has 84 valence electrons. The number of carboxylic acids is 1. The maximum atomic E-state index is 11.0. The third-order valence-corrected chi connectivity index (χ3v) is 2.22. The molecule has 3 nitrogen and oxygen atoms in total. The summed E-state index contributed by atoms with van der Waals surface area (Å²) in [5.41, 5.74) is 1.89. The van der Waals surface area contributed by atoms with E-state index in [1.165, 1.54) is 0 Å². The molecule has 0 saturated heterocycles. The number of aromatic carboxylic acids is 1. The molecule has 2 N–H and O–H groups in total. The largest absolute Gasteiger partial charge is 0.478 e. The number of unbranched alkanes of at least 4 members (excludes halogenated alkanes) is 1. The summed E-state index contributed by atoms with van der Waals surface area (Å²) < 4.78 is 0. The zero-order valence-electron chi connectivity index (χ0n) is 9.29. The SMILES string of the molecule is C#CCCCNc1ccc(C)cc1C(=O)O. The van der Waals surface area contributed by atoms with Crippen LogP contribution in [0.25, 0.3) is 0 Å². The molecule has 3 heteroatoms. The van der Waals surface area contributed by atoms with Crippen LogP contribution in [0.15, 0.2) is 18.2 Å². The molecule has 1 aromatic rings. The van der Waals surface area contributed by atoms with Crippen molar-refractivity contribution in [3.8, 4) is 12.3 Å². The lowest BCUT2D eigenvalue weighted by molar-refractivity contribution is 0.0698. The van der Waals surface area contributed by atoms with Crippen molar-refractivity contribution in [2.75, 3.05) is 11.9 Å². The molecule has 1 rings (SSSR count). The fraction of sp³-hybridized carbons (Fsp3) is 0.308. The van der Waals surface area contributed by atoms with Crippen LogP contribution in [-0.4, -0.2) is 17.6 Å². The van der Waals surface area contributed by atoms with Gasteiger partial charge in [0.05, 0.1) is 5.56 Å². The third-order valence-electron chi connectivity index (χ3n) is 2.22. The molecule has 0 atom stereocenters. The van der Waals surface area contributed by atoms with Gasteiger partial charge in [0.2, 0.25) is 0 Å². The lowest BCUT2D eigenvalue weighted by atomic mass is 10.1. The monoisotopic (exact) mass is 217 g/mol. The smallest absolute Gasteiger partial charge is 0.337 e. The van der Waals surface area contributed by atoms with E-state index in [-0.39, 0.29) is 0 Å². The maximum absolute atomic E-state index is 11.0. The van der Waals surface area contributed by atoms with Gasteiger partial charge in [-0.25, -0.2) is 4.79 Å². The standard InChI is InChI=1S/C13H15NO2/c1-3-4-5-8-14-12-7-6-10(2)9-11(12)13(15)16/h1,6-7,9,14H,4-5,8H2,2H3,(H,15,16). The van der Waals surface area contributed by atoms with Gasteiger partial charge in [0.15, 0.2) is 0 Å². The van der Waals surface area contributed by atoms with Crippen molar-refractivity contribution >= 4 is 11.7 Å². The first-order valence-electron chi connectivity index (χ1n) is 5.16. The molecule has 0 aromatic heterocycles. The number of rotatable bonds is 5. The molecule has 0 amide bonds. The van der Waals surface area contributed by atoms with E-state index in [2.05, 4.69) is 11.2 Å². The van der Waals surface area contributed by atoms with E-state index in [9.17, 15) is 4.79 Å². The zero-order chi connectivity index (χ0) is 12.0. The van der Waals surface area contributed by atoms with Crippen LogP contribution in [0, 0.1) is 19.3 Å². The van der Waals surface area contributed by atoms with Gasteiger partial charge >= 0.3 is 5.97 Å². The fourth-order valence-electron chi connectivity index (χ4n) is 1.40. The van der Waals surface area contributed by atoms with Gasteiger partial charge in [0.1, 0.15) is 0 Å². The van der Waals surface area contributed by atoms with Crippen molar-refractivity contribution in [1.29, 1.82) is 0 Å². The number of aryl methyl sites for hydroxylation is 1. The van der Waals surface area contributed by atoms with Gasteiger partial charge in [-0.1, -0.05) is 11.6 Å². The van der Waals surface area contributed by atoms with Crippen LogP contribution in [0.3, 0.4) is 0 Å². The summed E-state index contributed by atoms with van der Waals surface area (Å²) in [5.74, 6) is 1.63. The normalized spacial score (nSPS) is 9.50. The third kappa shape index (κ3) is 3.32. The molecule has 0 aliphatic heterocycles. The minimum atomic E-state index is -0.914. The number of nitrogens with one attached hydrogen (secondary N) is 1. The molecule has 0 heterocycles. The van der Waals surface area contributed by atoms with E-state index in [0.29, 0.717) is 24.2 Å². The lowest BCUT2D eigenvalue weighted by Crippen LogP contribution is -2.07. The second-order valence-corrected chi connectivity index (χ2v) is 3.59. The Morgan fingerprint density at radius 3 is 2.94 bits per heavy atom. The molecule has 0 unspecified atom stereocenters. The van der Waals surface area contributed by atoms with E-state index in [1.54, 1.807) is 12.1 Å². The number of hydrogen-bond donors (Lipinski definition) is 2. The van der Waals surface area contributed by atoms with Crippen LogP contribution < -0.4 is 5.32 Å². The van der Waals surface area contributed by atoms with Crippen molar-refractivity contribution in [3.63, 3.8) is 0 Å². The Morgan fingerprint density at radius 1 is 1.56 bits per heavy atom. The van der Waals surface area contributed by atoms with Crippen LogP contribution in [0.2, 0.25) is 0 Å². The Labute approximate surface area is 95.5 Å². The maximum Gasteiger partial charge on any atom is 0.337 e. The molecule has 0 aliphatic rings. The van der Waals surface area contributed by atoms with Crippen molar-refractivity contribution in [3.05, 3.63) is 29.3 Å². The number of terminal acetylenes is 1. The number of anilines is 1. The molecule has 16 heavy (non-hydrogen) atoms. The number of carbonyl (C=O) groups is 1. The van der Waals surface area contributed by atoms with Gasteiger partial charge in [-0.3, -0.25) is 0 Å². The minimum Gasteiger partial charge on any atom is -0.478 e. The van der Waals surface area contributed by atoms with Gasteiger partial charge in [-0.05, 0) is 25.5 Å². The van der Waals surface area contributed by atoms with Crippen LogP contribution in [-0.2, 0) is 0 Å². The summed E-state index contributed by atoms with van der Waals surface area (Å²) in [5, 5.41) is 12.1. The summed E-state index contributed by atoms with van der Waals surface area (Å²) in [6.07, 6.45) is 6.67. The van der Waals surface area contributed by atoms with Crippen LogP contribution in [0.5, 0.6) is 0 Å². The Hall–Kier alpha value is -1.95. The summed E-state index contributed by atoms with van der Waals surface area (Å²) in [6.45, 7) is 2.56. The molecular weight excluding hydrogens is 202 g/mol. The van der Waals surface area contributed by atoms with Crippen LogP contribution in [0.1, 0.15) is 28.8 Å². The Morgan fingerprint density at radius 2 is 2.31 bits per heavy atom. The highest BCUT2D eigenvalue weighted by Gasteiger charge is 2.09. The first-order chi connectivity index (χ1) is 7.65. The first-order valence-corrected chi connectivity index (χ1v) is 5.16. The van der Waals surface area contributed by atoms with Crippen molar-refractivity contribution in [2.24, 2.45) is 0 Å². The van der Waals surface area contributed by atoms with Crippen molar-refractivity contribution in [1.82, 2.24) is 0 Å². The van der Waals surface area contributed by atoms with Gasteiger partial charge in [-0.15, -0.1) is 12.3 Å². The lowest BCUT2D eigenvalue weighted by Gasteiger charge is -2.09. The molecule has 0 aliphatic carbocycles. The van der Waals surface area contributed by atoms with E-state index < -0.39 is 5.97 Å². The van der Waals surface area contributed by atoms with Crippen LogP contribution in [0.4, 0.5) is 5.69 Å². The van der Waals surface area contributed by atoms with E-state index in [4.69, 9.17) is 11.5 Å². The molecule has 0 bridgehead atoms. The molecule has 0 fully saturated rings. The highest BCUT2D eigenvalue weighted by Crippen LogP contribution is 2.17. The second kappa shape index (κ2) is 5.82. The average molecular weight is 217 g/mol. The fourth-order valence-corrected chi connectivity index (χ4v) is 1.40. The van der Waals surface area contributed by atoms with Gasteiger partial charge in [-0.2, -0.15) is 0 Å². The van der Waals surface area contributed by atoms with Gasteiger partial charge in [0.25, 0.3) is 0 Å². The summed E-state index contributed by atoms with van der Waals surface area (Å²) >= 11 is 0. The van der Waals surface area contributed by atoms with E-state index >= 15 is 0 Å². The molecule has 0 saturated carbocycles. The Kier molecular flexibility index (Phi) is 4.41. The Bertz CT molecular complexity index is 418. The molecule has 1 aromatic carbocycles. The number of carboxylic acid groups (broad SMARTS) is 1. The van der Waals surface area contributed by atoms with E-state index in [1.807, 2.05) is 13.0 Å². The highest BCUT2D eigenvalue weighted by molar-refractivity contribution is 5.94. The quantitative estimate of drug-likeness (QED) is 0.588. The summed E-state index contributed by atoms with van der Waals surface area (Å²) in [6, 6.07) is 5.33. The molecule has 0 radical (unpaired) electrons. The predicted octanol–water partition coefficient (Wildman–Crippen LogP) is 2.52. The van der Waals surface area contributed by atoms with Crippen molar-refractivity contribution in [2.45, 2.75) is 19.8 Å². The van der Waals surface area contributed by atoms with Crippen molar-refractivity contribution < 1.29 is 9.90 Å². The summed E-state index contributed by atoms with van der Waals surface area (Å²) in [4.78, 5) is 11.0. The van der Waals surface area contributed by atoms with Crippen LogP contribution >= 0.6 is 0 Å². The summed E-state index contributed by atoms with van der Waals surface area (Å²) in [7, 11) is 0. The topological polar surface area (TPSA) is 49.3 Å². The van der Waals surface area contributed by atoms with Gasteiger partial charge in [0, 0.05) is 18.7 Å². The molecule has 0 spiro atoms.